The largest absolute Gasteiger partial charge is 0.374 e. The topological polar surface area (TPSA) is 75.7 Å². The second-order valence-electron chi connectivity index (χ2n) is 0.729. The van der Waals surface area contributed by atoms with Gasteiger partial charge in [0.2, 0.25) is 0 Å². The zero-order valence-electron chi connectivity index (χ0n) is 3.29. The highest BCUT2D eigenvalue weighted by Gasteiger charge is 1.99. The summed E-state index contributed by atoms with van der Waals surface area (Å²) >= 11 is 0. The fraction of sp³-hybridized carbons (Fsp3) is 0.500. The van der Waals surface area contributed by atoms with Gasteiger partial charge in [-0.2, -0.15) is 0 Å². The van der Waals surface area contributed by atoms with E-state index in [9.17, 15) is 4.79 Å². The van der Waals surface area contributed by atoms with Crippen LogP contribution in [0.15, 0.2) is 0 Å². The summed E-state index contributed by atoms with van der Waals surface area (Å²) in [5, 5.41) is 16.4. The van der Waals surface area contributed by atoms with Gasteiger partial charge in [0.1, 0.15) is 0 Å². The molecule has 0 fully saturated rings. The Hall–Kier alpha value is -0.650. The summed E-state index contributed by atoms with van der Waals surface area (Å²) in [6, 6.07) is 0. The van der Waals surface area contributed by atoms with Crippen molar-refractivity contribution in [3.8, 4) is 0 Å². The Balaban J connectivity index is 3.00. The van der Waals surface area contributed by atoms with Crippen molar-refractivity contribution in [2.45, 2.75) is 0 Å². The molecule has 41 valence electrons. The minimum absolute atomic E-state index is 0.719. The third kappa shape index (κ3) is 3.17. The van der Waals surface area contributed by atoms with Crippen molar-refractivity contribution in [2.75, 3.05) is 6.61 Å². The molecule has 0 aliphatic heterocycles. The van der Waals surface area contributed by atoms with E-state index in [1.165, 1.54) is 0 Å². The minimum Gasteiger partial charge on any atom is -0.263 e. The van der Waals surface area contributed by atoms with E-state index in [1.807, 2.05) is 0 Å². The Morgan fingerprint density at radius 3 is 2.43 bits per heavy atom. The first-order valence-corrected chi connectivity index (χ1v) is 1.40. The van der Waals surface area contributed by atoms with E-state index in [0.717, 1.165) is 0 Å². The molecule has 0 heterocycles. The molecule has 0 rings (SSSR count). The smallest absolute Gasteiger partial charge is 0.263 e. The number of rotatable bonds is 2. The molecule has 5 heteroatoms. The highest BCUT2D eigenvalue weighted by atomic mass is 17.1. The lowest BCUT2D eigenvalue weighted by atomic mass is 10.8. The molecule has 0 aromatic heterocycles. The number of hydrogen-bond acceptors (Lipinski definition) is 4. The maximum Gasteiger partial charge on any atom is 0.374 e. The van der Waals surface area contributed by atoms with Crippen molar-refractivity contribution in [3.05, 3.63) is 0 Å². The first kappa shape index (κ1) is 6.35. The van der Waals surface area contributed by atoms with Crippen LogP contribution in [0.2, 0.25) is 0 Å². The summed E-state index contributed by atoms with van der Waals surface area (Å²) in [4.78, 5) is 15.6. The third-order valence-corrected chi connectivity index (χ3v) is 0.275. The molecule has 0 aliphatic rings. The van der Waals surface area contributed by atoms with Crippen molar-refractivity contribution in [3.63, 3.8) is 0 Å². The van der Waals surface area contributed by atoms with Gasteiger partial charge < -0.3 is 0 Å². The van der Waals surface area contributed by atoms with Crippen LogP contribution in [-0.4, -0.2) is 17.8 Å². The molecule has 0 spiro atoms. The lowest BCUT2D eigenvalue weighted by Gasteiger charge is -1.85. The first-order valence-electron chi connectivity index (χ1n) is 1.40. The van der Waals surface area contributed by atoms with Crippen LogP contribution in [0.25, 0.3) is 0 Å². The highest BCUT2D eigenvalue weighted by Crippen LogP contribution is 1.71. The average molecular weight is 107 g/mol. The summed E-state index contributed by atoms with van der Waals surface area (Å²) in [5.74, 6) is -1.15. The number of carbonyl (C=O) groups is 1. The monoisotopic (exact) mass is 107 g/mol. The van der Waals surface area contributed by atoms with Crippen LogP contribution in [0.1, 0.15) is 0 Å². The minimum atomic E-state index is -1.15. The SMILES string of the molecule is [O]OC(=O)COO. The quantitative estimate of drug-likeness (QED) is 0.376. The normalized spacial score (nSPS) is 8.29. The summed E-state index contributed by atoms with van der Waals surface area (Å²) in [5.41, 5.74) is 0. The van der Waals surface area contributed by atoms with Gasteiger partial charge in [-0.05, 0) is 0 Å². The Labute approximate surface area is 38.9 Å². The van der Waals surface area contributed by atoms with Crippen LogP contribution in [0.5, 0.6) is 0 Å². The van der Waals surface area contributed by atoms with E-state index < -0.39 is 12.6 Å². The summed E-state index contributed by atoms with van der Waals surface area (Å²) in [6.07, 6.45) is 0. The predicted molar refractivity (Wildman–Crippen MR) is 15.4 cm³/mol. The van der Waals surface area contributed by atoms with Crippen LogP contribution in [-0.2, 0) is 19.8 Å². The summed E-state index contributed by atoms with van der Waals surface area (Å²) in [6.45, 7) is -0.719. The number of carbonyl (C=O) groups excluding carboxylic acids is 1. The fourth-order valence-corrected chi connectivity index (χ4v) is 0.0768. The average Bonchev–Trinajstić information content (AvgIpc) is 1.68. The van der Waals surface area contributed by atoms with Gasteiger partial charge in [0.25, 0.3) is 0 Å². The van der Waals surface area contributed by atoms with Crippen molar-refractivity contribution >= 4 is 5.97 Å². The Bertz CT molecular complexity index is 59.1. The molecular weight excluding hydrogens is 104 g/mol. The maximum absolute atomic E-state index is 9.59. The molecular formula is C2H3O5. The van der Waals surface area contributed by atoms with Crippen molar-refractivity contribution in [2.24, 2.45) is 0 Å². The van der Waals surface area contributed by atoms with Crippen LogP contribution >= 0.6 is 0 Å². The second kappa shape index (κ2) is 3.54. The zero-order chi connectivity index (χ0) is 5.70. The third-order valence-electron chi connectivity index (χ3n) is 0.275. The first-order chi connectivity index (χ1) is 3.31. The molecule has 0 bridgehead atoms. The van der Waals surface area contributed by atoms with E-state index in [4.69, 9.17) is 10.5 Å². The molecule has 1 radical (unpaired) electrons. The Morgan fingerprint density at radius 1 is 1.71 bits per heavy atom. The van der Waals surface area contributed by atoms with Gasteiger partial charge >= 0.3 is 5.97 Å². The summed E-state index contributed by atoms with van der Waals surface area (Å²) < 4.78 is 0. The molecule has 0 aliphatic carbocycles. The molecule has 0 unspecified atom stereocenters. The van der Waals surface area contributed by atoms with E-state index in [-0.39, 0.29) is 0 Å². The van der Waals surface area contributed by atoms with E-state index in [0.29, 0.717) is 0 Å². The molecule has 0 aromatic carbocycles. The van der Waals surface area contributed by atoms with Crippen LogP contribution in [0.4, 0.5) is 0 Å². The number of hydrogen-bond donors (Lipinski definition) is 1. The molecule has 7 heavy (non-hydrogen) atoms. The van der Waals surface area contributed by atoms with E-state index in [2.05, 4.69) is 9.78 Å². The standard InChI is InChI=1S/C2H3O5/c3-2(7-5)1-6-4/h4H,1H2. The van der Waals surface area contributed by atoms with Crippen LogP contribution in [0.3, 0.4) is 0 Å². The lowest BCUT2D eigenvalue weighted by molar-refractivity contribution is -0.300. The Morgan fingerprint density at radius 2 is 2.29 bits per heavy atom. The summed E-state index contributed by atoms with van der Waals surface area (Å²) in [7, 11) is 0. The van der Waals surface area contributed by atoms with Crippen LogP contribution in [0, 0.1) is 0 Å². The molecule has 0 aromatic rings. The molecule has 5 nitrogen and oxygen atoms in total. The van der Waals surface area contributed by atoms with Crippen molar-refractivity contribution in [1.29, 1.82) is 0 Å². The van der Waals surface area contributed by atoms with Gasteiger partial charge in [-0.3, -0.25) is 10.1 Å². The lowest BCUT2D eigenvalue weighted by Crippen LogP contribution is -2.07. The zero-order valence-corrected chi connectivity index (χ0v) is 3.29. The molecule has 0 amide bonds. The molecule has 0 saturated heterocycles. The van der Waals surface area contributed by atoms with Gasteiger partial charge in [-0.25, -0.2) is 9.68 Å². The van der Waals surface area contributed by atoms with Crippen molar-refractivity contribution in [1.82, 2.24) is 0 Å². The Kier molecular flexibility index (Phi) is 3.21. The van der Waals surface area contributed by atoms with Crippen molar-refractivity contribution < 1.29 is 25.1 Å². The highest BCUT2D eigenvalue weighted by molar-refractivity contribution is 5.69. The van der Waals surface area contributed by atoms with Gasteiger partial charge in [0.15, 0.2) is 6.61 Å². The van der Waals surface area contributed by atoms with Gasteiger partial charge in [-0.1, -0.05) is 0 Å². The molecule has 0 atom stereocenters. The van der Waals surface area contributed by atoms with Gasteiger partial charge in [0.05, 0.1) is 0 Å². The molecule has 1 N–H and O–H groups in total. The predicted octanol–water partition coefficient (Wildman–Crippen LogP) is -0.635. The second-order valence-corrected chi connectivity index (χ2v) is 0.729. The maximum atomic E-state index is 9.59. The van der Waals surface area contributed by atoms with Gasteiger partial charge in [0, 0.05) is 5.26 Å². The molecule has 0 saturated carbocycles. The van der Waals surface area contributed by atoms with Gasteiger partial charge in [-0.15, -0.1) is 0 Å². The van der Waals surface area contributed by atoms with Crippen LogP contribution < -0.4 is 0 Å². The fourth-order valence-electron chi connectivity index (χ4n) is 0.0768. The van der Waals surface area contributed by atoms with E-state index in [1.54, 1.807) is 0 Å². The van der Waals surface area contributed by atoms with E-state index >= 15 is 0 Å².